The van der Waals surface area contributed by atoms with Gasteiger partial charge in [-0.15, -0.1) is 0 Å². The van der Waals surface area contributed by atoms with Crippen molar-refractivity contribution in [2.24, 2.45) is 16.9 Å². The number of hydrazone groups is 1. The van der Waals surface area contributed by atoms with Crippen molar-refractivity contribution in [1.82, 2.24) is 5.01 Å². The van der Waals surface area contributed by atoms with E-state index in [1.54, 1.807) is 27.0 Å². The number of anilines is 1. The van der Waals surface area contributed by atoms with Crippen molar-refractivity contribution >= 4 is 29.7 Å². The van der Waals surface area contributed by atoms with E-state index in [2.05, 4.69) is 5.10 Å². The van der Waals surface area contributed by atoms with Gasteiger partial charge in [0.1, 0.15) is 11.4 Å². The Bertz CT molecular complexity index is 1170. The summed E-state index contributed by atoms with van der Waals surface area (Å²) in [5, 5.41) is 5.99. The SMILES string of the molecule is CC(C)(C)OC(=O)[C@H]1[C@H]2C(=O)N(c3cccc(F)c3)C(=O)[C@H]2C2c3ccccc3C=NN21. The number of halogens is 1. The van der Waals surface area contributed by atoms with E-state index in [9.17, 15) is 18.8 Å². The van der Waals surface area contributed by atoms with Crippen molar-refractivity contribution in [3.05, 3.63) is 65.5 Å². The number of fused-ring (bicyclic) bond motifs is 5. The smallest absolute Gasteiger partial charge is 0.331 e. The fourth-order valence-electron chi connectivity index (χ4n) is 4.87. The molecule has 32 heavy (non-hydrogen) atoms. The number of esters is 1. The largest absolute Gasteiger partial charge is 0.458 e. The van der Waals surface area contributed by atoms with Gasteiger partial charge in [-0.05, 0) is 50.1 Å². The summed E-state index contributed by atoms with van der Waals surface area (Å²) in [5.74, 6) is -4.04. The van der Waals surface area contributed by atoms with Crippen LogP contribution in [0.2, 0.25) is 0 Å². The van der Waals surface area contributed by atoms with Crippen LogP contribution in [-0.2, 0) is 19.1 Å². The second-order valence-electron chi connectivity index (χ2n) is 9.22. The van der Waals surface area contributed by atoms with Gasteiger partial charge < -0.3 is 4.74 Å². The van der Waals surface area contributed by atoms with Gasteiger partial charge in [0.15, 0.2) is 6.04 Å². The van der Waals surface area contributed by atoms with Crippen LogP contribution in [0.15, 0.2) is 53.6 Å². The number of carbonyl (C=O) groups excluding carboxylic acids is 3. The van der Waals surface area contributed by atoms with E-state index in [-0.39, 0.29) is 5.69 Å². The van der Waals surface area contributed by atoms with E-state index >= 15 is 0 Å². The van der Waals surface area contributed by atoms with Crippen LogP contribution in [0.4, 0.5) is 10.1 Å². The van der Waals surface area contributed by atoms with Crippen molar-refractivity contribution in [3.8, 4) is 0 Å². The number of imide groups is 1. The lowest BCUT2D eigenvalue weighted by atomic mass is 9.85. The highest BCUT2D eigenvalue weighted by molar-refractivity contribution is 6.23. The van der Waals surface area contributed by atoms with Gasteiger partial charge in [0, 0.05) is 0 Å². The third-order valence-electron chi connectivity index (χ3n) is 6.01. The summed E-state index contributed by atoms with van der Waals surface area (Å²) in [5.41, 5.74) is 1.000. The maximum absolute atomic E-state index is 13.9. The molecule has 8 heteroatoms. The third kappa shape index (κ3) is 3.01. The lowest BCUT2D eigenvalue weighted by Gasteiger charge is -2.34. The summed E-state index contributed by atoms with van der Waals surface area (Å²) in [4.78, 5) is 41.4. The summed E-state index contributed by atoms with van der Waals surface area (Å²) in [6, 6.07) is 11.1. The Morgan fingerprint density at radius 1 is 1.03 bits per heavy atom. The highest BCUT2D eigenvalue weighted by Gasteiger charge is 2.66. The molecule has 4 atom stereocenters. The molecule has 5 rings (SSSR count). The fourth-order valence-corrected chi connectivity index (χ4v) is 4.87. The molecule has 7 nitrogen and oxygen atoms in total. The quantitative estimate of drug-likeness (QED) is 0.535. The second-order valence-corrected chi connectivity index (χ2v) is 9.22. The van der Waals surface area contributed by atoms with E-state index in [1.807, 2.05) is 24.3 Å². The van der Waals surface area contributed by atoms with Crippen LogP contribution in [-0.4, -0.2) is 40.7 Å². The molecule has 0 bridgehead atoms. The predicted molar refractivity (Wildman–Crippen MR) is 114 cm³/mol. The lowest BCUT2D eigenvalue weighted by Crippen LogP contribution is -2.46. The highest BCUT2D eigenvalue weighted by Crippen LogP contribution is 2.52. The van der Waals surface area contributed by atoms with E-state index < -0.39 is 53.1 Å². The molecule has 3 aliphatic heterocycles. The van der Waals surface area contributed by atoms with Crippen LogP contribution in [0, 0.1) is 17.7 Å². The average molecular weight is 435 g/mol. The van der Waals surface area contributed by atoms with Crippen LogP contribution in [0.1, 0.15) is 37.9 Å². The summed E-state index contributed by atoms with van der Waals surface area (Å²) in [6.07, 6.45) is 1.63. The van der Waals surface area contributed by atoms with Gasteiger partial charge in [-0.2, -0.15) is 5.10 Å². The Morgan fingerprint density at radius 2 is 1.75 bits per heavy atom. The molecule has 2 amide bonds. The zero-order valence-electron chi connectivity index (χ0n) is 17.9. The molecule has 0 N–H and O–H groups in total. The molecular formula is C24H22FN3O4. The Morgan fingerprint density at radius 3 is 2.47 bits per heavy atom. The molecule has 2 aromatic rings. The zero-order chi connectivity index (χ0) is 22.8. The Hall–Kier alpha value is -3.55. The minimum atomic E-state index is -1.07. The number of rotatable bonds is 2. The summed E-state index contributed by atoms with van der Waals surface area (Å²) >= 11 is 0. The van der Waals surface area contributed by atoms with Gasteiger partial charge >= 0.3 is 5.97 Å². The first-order valence-corrected chi connectivity index (χ1v) is 10.4. The molecular weight excluding hydrogens is 413 g/mol. The van der Waals surface area contributed by atoms with Crippen molar-refractivity contribution in [2.45, 2.75) is 38.5 Å². The fraction of sp³-hybridized carbons (Fsp3) is 0.333. The maximum atomic E-state index is 13.9. The van der Waals surface area contributed by atoms with Crippen LogP contribution in [0.25, 0.3) is 0 Å². The van der Waals surface area contributed by atoms with E-state index in [4.69, 9.17) is 4.74 Å². The van der Waals surface area contributed by atoms with E-state index in [0.717, 1.165) is 22.1 Å². The van der Waals surface area contributed by atoms with Crippen molar-refractivity contribution in [2.75, 3.05) is 4.90 Å². The van der Waals surface area contributed by atoms with Crippen molar-refractivity contribution < 1.29 is 23.5 Å². The second kappa shape index (κ2) is 6.98. The van der Waals surface area contributed by atoms with Crippen molar-refractivity contribution in [3.63, 3.8) is 0 Å². The topological polar surface area (TPSA) is 79.3 Å². The van der Waals surface area contributed by atoms with Gasteiger partial charge in [-0.25, -0.2) is 14.1 Å². The third-order valence-corrected chi connectivity index (χ3v) is 6.01. The monoisotopic (exact) mass is 435 g/mol. The van der Waals surface area contributed by atoms with Crippen LogP contribution in [0.5, 0.6) is 0 Å². The molecule has 0 spiro atoms. The normalized spacial score (nSPS) is 26.1. The minimum Gasteiger partial charge on any atom is -0.458 e. The number of benzene rings is 2. The van der Waals surface area contributed by atoms with Crippen LogP contribution in [0.3, 0.4) is 0 Å². The Kier molecular flexibility index (Phi) is 4.44. The van der Waals surface area contributed by atoms with Gasteiger partial charge in [0.05, 0.1) is 29.8 Å². The standard InChI is InChI=1S/C24H22FN3O4/c1-24(2,3)32-23(31)20-18-17(19-16-10-5-4-7-13(16)12-26-28(19)20)21(29)27(22(18)30)15-9-6-8-14(25)11-15/h4-12,17-20H,1-3H3/t17-,18+,19?,20-/m1/s1. The van der Waals surface area contributed by atoms with Gasteiger partial charge in [0.2, 0.25) is 11.8 Å². The molecule has 1 unspecified atom stereocenters. The molecule has 2 fully saturated rings. The van der Waals surface area contributed by atoms with E-state index in [0.29, 0.717) is 0 Å². The maximum Gasteiger partial charge on any atom is 0.331 e. The Balaban J connectivity index is 1.63. The molecule has 0 saturated carbocycles. The summed E-state index contributed by atoms with van der Waals surface area (Å²) < 4.78 is 19.5. The number of amides is 2. The molecule has 3 aliphatic rings. The lowest BCUT2D eigenvalue weighted by molar-refractivity contribution is -0.163. The number of hydrogen-bond acceptors (Lipinski definition) is 6. The number of carbonyl (C=O) groups is 3. The molecule has 0 aromatic heterocycles. The molecule has 0 radical (unpaired) electrons. The minimum absolute atomic E-state index is 0.150. The zero-order valence-corrected chi connectivity index (χ0v) is 17.9. The number of ether oxygens (including phenoxy) is 1. The van der Waals surface area contributed by atoms with Gasteiger partial charge in [-0.1, -0.05) is 30.3 Å². The first-order valence-electron chi connectivity index (χ1n) is 10.4. The summed E-state index contributed by atoms with van der Waals surface area (Å²) in [6.45, 7) is 5.22. The molecule has 2 saturated heterocycles. The molecule has 2 aromatic carbocycles. The highest BCUT2D eigenvalue weighted by atomic mass is 19.1. The molecule has 3 heterocycles. The molecule has 164 valence electrons. The van der Waals surface area contributed by atoms with Crippen LogP contribution < -0.4 is 4.90 Å². The first-order chi connectivity index (χ1) is 15.2. The Labute approximate surface area is 184 Å². The number of hydrogen-bond donors (Lipinski definition) is 0. The predicted octanol–water partition coefficient (Wildman–Crippen LogP) is 3.05. The summed E-state index contributed by atoms with van der Waals surface area (Å²) in [7, 11) is 0. The average Bonchev–Trinajstić information content (AvgIpc) is 3.20. The first kappa shape index (κ1) is 20.4. The van der Waals surface area contributed by atoms with Gasteiger partial charge in [-0.3, -0.25) is 14.6 Å². The van der Waals surface area contributed by atoms with Crippen molar-refractivity contribution in [1.29, 1.82) is 0 Å². The molecule has 0 aliphatic carbocycles. The van der Waals surface area contributed by atoms with Gasteiger partial charge in [0.25, 0.3) is 0 Å². The van der Waals surface area contributed by atoms with E-state index in [1.165, 1.54) is 23.2 Å². The van der Waals surface area contributed by atoms with Crippen LogP contribution >= 0.6 is 0 Å². The number of nitrogens with zero attached hydrogens (tertiary/aromatic N) is 3.